The van der Waals surface area contributed by atoms with Gasteiger partial charge in [0.2, 0.25) is 5.88 Å². The molecule has 0 aliphatic carbocycles. The van der Waals surface area contributed by atoms with E-state index in [-0.39, 0.29) is 29.2 Å². The Hall–Kier alpha value is -3.80. The van der Waals surface area contributed by atoms with Crippen molar-refractivity contribution in [2.24, 2.45) is 0 Å². The first-order chi connectivity index (χ1) is 13.5. The second kappa shape index (κ2) is 6.74. The molecular formula is C22H18N2O4. The van der Waals surface area contributed by atoms with Gasteiger partial charge in [0.1, 0.15) is 0 Å². The number of carbonyl (C=O) groups excluding carboxylic acids is 2. The molecule has 0 saturated carbocycles. The minimum Gasteiger partial charge on any atom is -0.492 e. The Balaban J connectivity index is 1.68. The highest BCUT2D eigenvalue weighted by Crippen LogP contribution is 2.33. The van der Waals surface area contributed by atoms with Gasteiger partial charge in [-0.15, -0.1) is 0 Å². The van der Waals surface area contributed by atoms with Gasteiger partial charge >= 0.3 is 0 Å². The van der Waals surface area contributed by atoms with Crippen molar-refractivity contribution in [2.45, 2.75) is 13.3 Å². The third kappa shape index (κ3) is 2.85. The molecular weight excluding hydrogens is 356 g/mol. The molecule has 1 heterocycles. The lowest BCUT2D eigenvalue weighted by atomic mass is 10.1. The van der Waals surface area contributed by atoms with E-state index < -0.39 is 5.88 Å². The highest BCUT2D eigenvalue weighted by molar-refractivity contribution is 6.12. The largest absolute Gasteiger partial charge is 0.492 e. The van der Waals surface area contributed by atoms with Gasteiger partial charge in [-0.2, -0.15) is 4.73 Å². The molecule has 0 radical (unpaired) electrons. The average molecular weight is 374 g/mol. The maximum Gasteiger partial charge on any atom is 0.255 e. The molecule has 6 heteroatoms. The Morgan fingerprint density at radius 3 is 2.50 bits per heavy atom. The summed E-state index contributed by atoms with van der Waals surface area (Å²) in [7, 11) is 0. The van der Waals surface area contributed by atoms with Crippen LogP contribution in [0.3, 0.4) is 0 Å². The number of carbonyl (C=O) groups is 2. The maximum absolute atomic E-state index is 12.6. The lowest BCUT2D eigenvalue weighted by molar-refractivity contribution is 0.0978. The summed E-state index contributed by atoms with van der Waals surface area (Å²) in [6, 6.07) is 17.9. The Labute approximate surface area is 160 Å². The standard InChI is InChI=1S/C22H18N2O4/c1-2-19(25)20-17-10-9-16(12-18(17)24(28)22(20)27)23-21(26)15-8-7-13-5-3-4-6-14(13)11-15/h3-12,27-28H,2H2,1H3,(H,23,26). The molecule has 28 heavy (non-hydrogen) atoms. The SMILES string of the molecule is CCC(=O)c1c(O)n(O)c2cc(NC(=O)c3ccc4ccccc4c3)ccc12. The van der Waals surface area contributed by atoms with Gasteiger partial charge in [-0.3, -0.25) is 9.59 Å². The third-order valence-corrected chi connectivity index (χ3v) is 4.79. The zero-order valence-electron chi connectivity index (χ0n) is 15.1. The Bertz CT molecular complexity index is 1240. The molecule has 0 aliphatic heterocycles. The van der Waals surface area contributed by atoms with Gasteiger partial charge < -0.3 is 15.6 Å². The van der Waals surface area contributed by atoms with Crippen molar-refractivity contribution < 1.29 is 19.9 Å². The molecule has 6 nitrogen and oxygen atoms in total. The number of amides is 1. The molecule has 140 valence electrons. The molecule has 4 aromatic rings. The van der Waals surface area contributed by atoms with E-state index in [0.29, 0.717) is 21.4 Å². The molecule has 3 aromatic carbocycles. The predicted molar refractivity (Wildman–Crippen MR) is 107 cm³/mol. The number of nitrogens with zero attached hydrogens (tertiary/aromatic N) is 1. The minimum absolute atomic E-state index is 0.0763. The van der Waals surface area contributed by atoms with Crippen LogP contribution in [-0.4, -0.2) is 26.7 Å². The van der Waals surface area contributed by atoms with E-state index >= 15 is 0 Å². The van der Waals surface area contributed by atoms with Crippen molar-refractivity contribution in [3.8, 4) is 5.88 Å². The zero-order valence-corrected chi connectivity index (χ0v) is 15.1. The van der Waals surface area contributed by atoms with E-state index in [0.717, 1.165) is 10.8 Å². The fourth-order valence-electron chi connectivity index (χ4n) is 3.32. The molecule has 0 aliphatic rings. The quantitative estimate of drug-likeness (QED) is 0.360. The molecule has 0 spiro atoms. The molecule has 0 fully saturated rings. The number of aromatic hydroxyl groups is 1. The van der Waals surface area contributed by atoms with Crippen LogP contribution in [0.4, 0.5) is 5.69 Å². The molecule has 0 unspecified atom stereocenters. The number of ketones is 1. The van der Waals surface area contributed by atoms with Crippen LogP contribution < -0.4 is 5.32 Å². The van der Waals surface area contributed by atoms with Crippen LogP contribution in [0.1, 0.15) is 34.1 Å². The fourth-order valence-corrected chi connectivity index (χ4v) is 3.32. The van der Waals surface area contributed by atoms with Crippen LogP contribution in [0.15, 0.2) is 60.7 Å². The molecule has 4 rings (SSSR count). The van der Waals surface area contributed by atoms with Crippen molar-refractivity contribution in [1.29, 1.82) is 0 Å². The Kier molecular flexibility index (Phi) is 4.24. The van der Waals surface area contributed by atoms with Gasteiger partial charge in [0.15, 0.2) is 5.78 Å². The molecule has 0 bridgehead atoms. The number of Topliss-reactive ketones (excluding diaryl/α,β-unsaturated/α-hetero) is 1. The monoisotopic (exact) mass is 374 g/mol. The summed E-state index contributed by atoms with van der Waals surface area (Å²) in [4.78, 5) is 24.7. The van der Waals surface area contributed by atoms with E-state index in [9.17, 15) is 19.9 Å². The summed E-state index contributed by atoms with van der Waals surface area (Å²) in [5, 5.41) is 25.4. The highest BCUT2D eigenvalue weighted by Gasteiger charge is 2.21. The second-order valence-corrected chi connectivity index (χ2v) is 6.54. The number of hydrogen-bond donors (Lipinski definition) is 3. The second-order valence-electron chi connectivity index (χ2n) is 6.54. The van der Waals surface area contributed by atoms with Crippen LogP contribution >= 0.6 is 0 Å². The van der Waals surface area contributed by atoms with Crippen LogP contribution in [0, 0.1) is 0 Å². The van der Waals surface area contributed by atoms with Gasteiger partial charge in [-0.1, -0.05) is 37.3 Å². The van der Waals surface area contributed by atoms with Crippen LogP contribution in [0.25, 0.3) is 21.7 Å². The summed E-state index contributed by atoms with van der Waals surface area (Å²) in [5.74, 6) is -1.07. The fraction of sp³-hybridized carbons (Fsp3) is 0.0909. The van der Waals surface area contributed by atoms with E-state index in [1.54, 1.807) is 25.1 Å². The van der Waals surface area contributed by atoms with Crippen molar-refractivity contribution in [3.05, 3.63) is 71.8 Å². The van der Waals surface area contributed by atoms with Crippen molar-refractivity contribution >= 4 is 39.1 Å². The number of nitrogens with one attached hydrogen (secondary N) is 1. The molecule has 0 atom stereocenters. The first-order valence-electron chi connectivity index (χ1n) is 8.89. The van der Waals surface area contributed by atoms with Gasteiger partial charge in [0.25, 0.3) is 5.91 Å². The van der Waals surface area contributed by atoms with Crippen molar-refractivity contribution in [3.63, 3.8) is 0 Å². The smallest absolute Gasteiger partial charge is 0.255 e. The van der Waals surface area contributed by atoms with E-state index in [4.69, 9.17) is 0 Å². The van der Waals surface area contributed by atoms with Crippen LogP contribution in [0.2, 0.25) is 0 Å². The van der Waals surface area contributed by atoms with Crippen LogP contribution in [-0.2, 0) is 0 Å². The average Bonchev–Trinajstić information content (AvgIpc) is 2.97. The van der Waals surface area contributed by atoms with Crippen molar-refractivity contribution in [2.75, 3.05) is 5.32 Å². The lowest BCUT2D eigenvalue weighted by Crippen LogP contribution is -2.11. The molecule has 1 aromatic heterocycles. The summed E-state index contributed by atoms with van der Waals surface area (Å²) in [6.45, 7) is 1.68. The minimum atomic E-state index is -0.500. The lowest BCUT2D eigenvalue weighted by Gasteiger charge is -2.07. The summed E-state index contributed by atoms with van der Waals surface area (Å²) >= 11 is 0. The number of fused-ring (bicyclic) bond motifs is 2. The zero-order chi connectivity index (χ0) is 19.8. The molecule has 0 saturated heterocycles. The predicted octanol–water partition coefficient (Wildman–Crippen LogP) is 4.58. The van der Waals surface area contributed by atoms with E-state index in [1.165, 1.54) is 6.07 Å². The normalized spacial score (nSPS) is 11.0. The summed E-state index contributed by atoms with van der Waals surface area (Å²) in [6.07, 6.45) is 0.202. The number of anilines is 1. The number of hydrogen-bond acceptors (Lipinski definition) is 4. The molecule has 1 amide bonds. The first-order valence-corrected chi connectivity index (χ1v) is 8.89. The number of benzene rings is 3. The van der Waals surface area contributed by atoms with Crippen LogP contribution in [0.5, 0.6) is 5.88 Å². The summed E-state index contributed by atoms with van der Waals surface area (Å²) < 4.78 is 0.559. The van der Waals surface area contributed by atoms with E-state index in [2.05, 4.69) is 5.32 Å². The molecule has 3 N–H and O–H groups in total. The van der Waals surface area contributed by atoms with Gasteiger partial charge in [0, 0.05) is 23.1 Å². The Morgan fingerprint density at radius 2 is 1.75 bits per heavy atom. The maximum atomic E-state index is 12.6. The highest BCUT2D eigenvalue weighted by atomic mass is 16.5. The van der Waals surface area contributed by atoms with Crippen molar-refractivity contribution in [1.82, 2.24) is 4.73 Å². The topological polar surface area (TPSA) is 91.6 Å². The third-order valence-electron chi connectivity index (χ3n) is 4.79. The first kappa shape index (κ1) is 17.6. The number of aromatic nitrogens is 1. The Morgan fingerprint density at radius 1 is 1.00 bits per heavy atom. The summed E-state index contributed by atoms with van der Waals surface area (Å²) in [5.41, 5.74) is 1.26. The van der Waals surface area contributed by atoms with Gasteiger partial charge in [0.05, 0.1) is 11.1 Å². The van der Waals surface area contributed by atoms with Gasteiger partial charge in [-0.25, -0.2) is 0 Å². The van der Waals surface area contributed by atoms with Gasteiger partial charge in [-0.05, 0) is 41.1 Å². The number of rotatable bonds is 4. The van der Waals surface area contributed by atoms with E-state index in [1.807, 2.05) is 36.4 Å².